The van der Waals surface area contributed by atoms with Crippen LogP contribution >= 0.6 is 34.5 Å². The molecule has 1 unspecified atom stereocenters. The number of halogens is 2. The van der Waals surface area contributed by atoms with Gasteiger partial charge in [0.1, 0.15) is 6.04 Å². The van der Waals surface area contributed by atoms with E-state index in [0.29, 0.717) is 20.1 Å². The molecule has 2 heterocycles. The molecule has 3 rings (SSSR count). The quantitative estimate of drug-likeness (QED) is 0.680. The lowest BCUT2D eigenvalue weighted by atomic mass is 10.2. The van der Waals surface area contributed by atoms with Gasteiger partial charge in [-0.2, -0.15) is 0 Å². The van der Waals surface area contributed by atoms with Gasteiger partial charge in [0.15, 0.2) is 5.06 Å². The van der Waals surface area contributed by atoms with Crippen LogP contribution in [0, 0.1) is 0 Å². The summed E-state index contributed by atoms with van der Waals surface area (Å²) in [6.45, 7) is 5.46. The SMILES string of the molecule is CC(NC(=O)Oc1ccc(Cl)s1)C(=O)Nc1ccc(N2CCCN(C)CC2)c(Cl)c1. The molecule has 162 valence electrons. The van der Waals surface area contributed by atoms with Crippen LogP contribution in [0.4, 0.5) is 16.2 Å². The first kappa shape index (κ1) is 22.7. The van der Waals surface area contributed by atoms with Crippen LogP contribution in [0.2, 0.25) is 9.36 Å². The van der Waals surface area contributed by atoms with Crippen LogP contribution < -0.4 is 20.3 Å². The highest BCUT2D eigenvalue weighted by molar-refractivity contribution is 7.17. The molecule has 1 aliphatic rings. The number of carbonyl (C=O) groups is 2. The zero-order chi connectivity index (χ0) is 21.7. The molecule has 0 radical (unpaired) electrons. The maximum absolute atomic E-state index is 12.4. The summed E-state index contributed by atoms with van der Waals surface area (Å²) in [5.74, 6) is -0.378. The van der Waals surface area contributed by atoms with Gasteiger partial charge in [-0.05, 0) is 57.3 Å². The number of hydrogen-bond donors (Lipinski definition) is 2. The Morgan fingerprint density at radius 3 is 2.63 bits per heavy atom. The lowest BCUT2D eigenvalue weighted by Gasteiger charge is -2.24. The third-order valence-electron chi connectivity index (χ3n) is 4.74. The van der Waals surface area contributed by atoms with Crippen molar-refractivity contribution in [1.82, 2.24) is 10.2 Å². The van der Waals surface area contributed by atoms with E-state index in [-0.39, 0.29) is 5.91 Å². The van der Waals surface area contributed by atoms with Crippen molar-refractivity contribution in [3.63, 3.8) is 0 Å². The second-order valence-electron chi connectivity index (χ2n) is 7.11. The first-order valence-electron chi connectivity index (χ1n) is 9.59. The number of anilines is 2. The van der Waals surface area contributed by atoms with Crippen LogP contribution in [-0.2, 0) is 4.79 Å². The molecule has 1 aliphatic heterocycles. The van der Waals surface area contributed by atoms with E-state index in [2.05, 4.69) is 27.5 Å². The molecule has 10 heteroatoms. The van der Waals surface area contributed by atoms with Crippen LogP contribution in [0.15, 0.2) is 30.3 Å². The van der Waals surface area contributed by atoms with Crippen molar-refractivity contribution in [1.29, 1.82) is 0 Å². The fourth-order valence-electron chi connectivity index (χ4n) is 3.09. The van der Waals surface area contributed by atoms with E-state index in [1.807, 2.05) is 12.1 Å². The third-order valence-corrected chi connectivity index (χ3v) is 6.16. The van der Waals surface area contributed by atoms with E-state index in [1.54, 1.807) is 25.1 Å². The van der Waals surface area contributed by atoms with E-state index < -0.39 is 12.1 Å². The highest BCUT2D eigenvalue weighted by Crippen LogP contribution is 2.30. The number of carbonyl (C=O) groups excluding carboxylic acids is 2. The summed E-state index contributed by atoms with van der Waals surface area (Å²) >= 11 is 13.4. The predicted molar refractivity (Wildman–Crippen MR) is 122 cm³/mol. The Bertz CT molecular complexity index is 908. The molecule has 0 bridgehead atoms. The molecule has 0 spiro atoms. The van der Waals surface area contributed by atoms with E-state index in [4.69, 9.17) is 27.9 Å². The molecule has 1 saturated heterocycles. The fraction of sp³-hybridized carbons (Fsp3) is 0.400. The number of likely N-dealkylation sites (N-methyl/N-ethyl adjacent to an activating group) is 1. The van der Waals surface area contributed by atoms with Gasteiger partial charge < -0.3 is 25.2 Å². The van der Waals surface area contributed by atoms with Crippen molar-refractivity contribution >= 4 is 57.9 Å². The average Bonchev–Trinajstić information content (AvgIpc) is 2.96. The maximum Gasteiger partial charge on any atom is 0.414 e. The lowest BCUT2D eigenvalue weighted by molar-refractivity contribution is -0.117. The molecule has 1 aromatic carbocycles. The van der Waals surface area contributed by atoms with Crippen molar-refractivity contribution in [3.8, 4) is 5.06 Å². The number of amides is 2. The minimum atomic E-state index is -0.799. The Morgan fingerprint density at radius 2 is 1.93 bits per heavy atom. The van der Waals surface area contributed by atoms with Gasteiger partial charge in [-0.1, -0.05) is 34.5 Å². The monoisotopic (exact) mass is 470 g/mol. The Morgan fingerprint density at radius 1 is 1.13 bits per heavy atom. The van der Waals surface area contributed by atoms with Gasteiger partial charge in [0.05, 0.1) is 15.0 Å². The highest BCUT2D eigenvalue weighted by Gasteiger charge is 2.19. The van der Waals surface area contributed by atoms with Gasteiger partial charge in [0, 0.05) is 25.3 Å². The largest absolute Gasteiger partial charge is 0.414 e. The van der Waals surface area contributed by atoms with Crippen LogP contribution in [0.25, 0.3) is 0 Å². The molecule has 0 aliphatic carbocycles. The van der Waals surface area contributed by atoms with Crippen LogP contribution in [0.1, 0.15) is 13.3 Å². The normalized spacial score (nSPS) is 15.9. The first-order valence-corrected chi connectivity index (χ1v) is 11.2. The summed E-state index contributed by atoms with van der Waals surface area (Å²) in [6, 6.07) is 7.86. The van der Waals surface area contributed by atoms with Gasteiger partial charge in [-0.25, -0.2) is 4.79 Å². The molecule has 1 atom stereocenters. The number of nitrogens with one attached hydrogen (secondary N) is 2. The van der Waals surface area contributed by atoms with Crippen LogP contribution in [-0.4, -0.2) is 56.2 Å². The molecule has 2 N–H and O–H groups in total. The third kappa shape index (κ3) is 6.25. The lowest BCUT2D eigenvalue weighted by Crippen LogP contribution is -2.42. The molecular weight excluding hydrogens is 447 g/mol. The second-order valence-corrected chi connectivity index (χ2v) is 9.20. The Labute approximate surface area is 189 Å². The minimum Gasteiger partial charge on any atom is -0.399 e. The van der Waals surface area contributed by atoms with Crippen LogP contribution in [0.3, 0.4) is 0 Å². The van der Waals surface area contributed by atoms with Gasteiger partial charge in [-0.3, -0.25) is 4.79 Å². The standard InChI is InChI=1S/C20H24Cl2N4O3S/c1-13(23-20(28)29-18-7-6-17(22)30-18)19(27)24-14-4-5-16(15(21)12-14)26-9-3-8-25(2)10-11-26/h4-7,12-13H,3,8-11H2,1-2H3,(H,23,28)(H,24,27). The van der Waals surface area contributed by atoms with Gasteiger partial charge in [0.2, 0.25) is 5.91 Å². The number of thiophene rings is 1. The van der Waals surface area contributed by atoms with E-state index in [0.717, 1.165) is 49.6 Å². The molecule has 2 aromatic rings. The van der Waals surface area contributed by atoms with Gasteiger partial charge in [0.25, 0.3) is 0 Å². The highest BCUT2D eigenvalue weighted by atomic mass is 35.5. The second kappa shape index (κ2) is 10.3. The first-order chi connectivity index (χ1) is 14.3. The van der Waals surface area contributed by atoms with Crippen LogP contribution in [0.5, 0.6) is 5.06 Å². The summed E-state index contributed by atoms with van der Waals surface area (Å²) in [4.78, 5) is 28.9. The Kier molecular flexibility index (Phi) is 7.82. The topological polar surface area (TPSA) is 73.9 Å². The van der Waals surface area contributed by atoms with E-state index >= 15 is 0 Å². The average molecular weight is 471 g/mol. The van der Waals surface area contributed by atoms with Crippen molar-refractivity contribution in [2.75, 3.05) is 43.4 Å². The molecule has 30 heavy (non-hydrogen) atoms. The summed E-state index contributed by atoms with van der Waals surface area (Å²) in [6.07, 6.45) is 0.345. The molecule has 1 aromatic heterocycles. The molecule has 7 nitrogen and oxygen atoms in total. The summed E-state index contributed by atoms with van der Waals surface area (Å²) < 4.78 is 5.61. The number of hydrogen-bond acceptors (Lipinski definition) is 6. The van der Waals surface area contributed by atoms with Crippen molar-refractivity contribution in [2.45, 2.75) is 19.4 Å². The number of benzene rings is 1. The van der Waals surface area contributed by atoms with E-state index in [9.17, 15) is 9.59 Å². The van der Waals surface area contributed by atoms with E-state index in [1.165, 1.54) is 0 Å². The summed E-state index contributed by atoms with van der Waals surface area (Å²) in [7, 11) is 2.12. The molecular formula is C20H24Cl2N4O3S. The molecule has 1 fully saturated rings. The van der Waals surface area contributed by atoms with Crippen molar-refractivity contribution in [3.05, 3.63) is 39.7 Å². The molecule has 2 amide bonds. The number of nitrogens with zero attached hydrogens (tertiary/aromatic N) is 2. The predicted octanol–water partition coefficient (Wildman–Crippen LogP) is 4.31. The molecule has 0 saturated carbocycles. The van der Waals surface area contributed by atoms with Crippen molar-refractivity contribution < 1.29 is 14.3 Å². The summed E-state index contributed by atoms with van der Waals surface area (Å²) in [5.41, 5.74) is 1.52. The van der Waals surface area contributed by atoms with Gasteiger partial charge >= 0.3 is 6.09 Å². The Hall–Kier alpha value is -2.00. The minimum absolute atomic E-state index is 0.354. The summed E-state index contributed by atoms with van der Waals surface area (Å²) in [5, 5.41) is 6.19. The number of rotatable bonds is 5. The van der Waals surface area contributed by atoms with Crippen molar-refractivity contribution in [2.24, 2.45) is 0 Å². The number of ether oxygens (including phenoxy) is 1. The van der Waals surface area contributed by atoms with Gasteiger partial charge in [-0.15, -0.1) is 0 Å². The Balaban J connectivity index is 1.55. The zero-order valence-corrected chi connectivity index (χ0v) is 19.1. The fourth-order valence-corrected chi connectivity index (χ4v) is 4.27. The maximum atomic E-state index is 12.4. The zero-order valence-electron chi connectivity index (χ0n) is 16.8. The smallest absolute Gasteiger partial charge is 0.399 e.